The lowest BCUT2D eigenvalue weighted by Gasteiger charge is -2.25. The molecule has 1 saturated heterocycles. The molecule has 0 amide bonds. The Bertz CT molecular complexity index is 601. The molecule has 1 fully saturated rings. The highest BCUT2D eigenvalue weighted by molar-refractivity contribution is 7.89. The van der Waals surface area contributed by atoms with Crippen molar-refractivity contribution in [3.8, 4) is 0 Å². The average Bonchev–Trinajstić information content (AvgIpc) is 2.51. The summed E-state index contributed by atoms with van der Waals surface area (Å²) in [6.45, 7) is 1.93. The van der Waals surface area contributed by atoms with Crippen LogP contribution in [0.5, 0.6) is 0 Å². The van der Waals surface area contributed by atoms with Crippen molar-refractivity contribution in [2.75, 3.05) is 19.0 Å². The van der Waals surface area contributed by atoms with E-state index < -0.39 is 27.8 Å². The van der Waals surface area contributed by atoms with Crippen molar-refractivity contribution in [2.45, 2.75) is 25.7 Å². The Morgan fingerprint density at radius 2 is 2.10 bits per heavy atom. The molecule has 1 aromatic carbocycles. The molecular formula is C13H16F3NO3S. The minimum atomic E-state index is -4.44. The topological polar surface area (TPSA) is 46.6 Å². The van der Waals surface area contributed by atoms with Gasteiger partial charge in [-0.15, -0.1) is 0 Å². The van der Waals surface area contributed by atoms with E-state index in [-0.39, 0.29) is 25.5 Å². The molecule has 0 unspecified atom stereocenters. The van der Waals surface area contributed by atoms with Gasteiger partial charge in [-0.2, -0.15) is 17.5 Å². The summed E-state index contributed by atoms with van der Waals surface area (Å²) in [7, 11) is -3.53. The maximum atomic E-state index is 12.7. The second kappa shape index (κ2) is 5.94. The SMILES string of the molecule is C[C@H]1COCCS(=O)(=O)N1Cc1cccc(C(F)(F)F)c1. The Balaban J connectivity index is 2.27. The highest BCUT2D eigenvalue weighted by Gasteiger charge is 2.32. The maximum Gasteiger partial charge on any atom is 0.416 e. The number of alkyl halides is 3. The average molecular weight is 323 g/mol. The Labute approximate surface area is 121 Å². The van der Waals surface area contributed by atoms with Crippen LogP contribution in [0.4, 0.5) is 13.2 Å². The highest BCUT2D eigenvalue weighted by Crippen LogP contribution is 2.30. The lowest BCUT2D eigenvalue weighted by Crippen LogP contribution is -2.39. The van der Waals surface area contributed by atoms with E-state index in [2.05, 4.69) is 0 Å². The van der Waals surface area contributed by atoms with Crippen LogP contribution in [-0.2, 0) is 27.5 Å². The van der Waals surface area contributed by atoms with Crippen LogP contribution in [0.25, 0.3) is 0 Å². The fourth-order valence-electron chi connectivity index (χ4n) is 2.17. The third-order valence-electron chi connectivity index (χ3n) is 3.29. The van der Waals surface area contributed by atoms with Crippen molar-refractivity contribution in [1.29, 1.82) is 0 Å². The molecule has 4 nitrogen and oxygen atoms in total. The second-order valence-electron chi connectivity index (χ2n) is 4.98. The van der Waals surface area contributed by atoms with Crippen LogP contribution in [0, 0.1) is 0 Å². The highest BCUT2D eigenvalue weighted by atomic mass is 32.2. The number of sulfonamides is 1. The summed E-state index contributed by atoms with van der Waals surface area (Å²) in [5.41, 5.74) is -0.474. The lowest BCUT2D eigenvalue weighted by molar-refractivity contribution is -0.137. The molecule has 2 rings (SSSR count). The fourth-order valence-corrected chi connectivity index (χ4v) is 3.69. The lowest BCUT2D eigenvalue weighted by atomic mass is 10.1. The molecule has 8 heteroatoms. The number of nitrogens with zero attached hydrogens (tertiary/aromatic N) is 1. The van der Waals surface area contributed by atoms with Gasteiger partial charge in [-0.05, 0) is 18.6 Å². The summed E-state index contributed by atoms with van der Waals surface area (Å²) in [6.07, 6.45) is -4.44. The first-order chi connectivity index (χ1) is 9.70. The number of halogens is 3. The van der Waals surface area contributed by atoms with Crippen LogP contribution in [0.2, 0.25) is 0 Å². The van der Waals surface area contributed by atoms with Crippen LogP contribution >= 0.6 is 0 Å². The number of benzene rings is 1. The zero-order valence-corrected chi connectivity index (χ0v) is 12.2. The van der Waals surface area contributed by atoms with E-state index in [1.54, 1.807) is 6.92 Å². The van der Waals surface area contributed by atoms with Gasteiger partial charge in [-0.1, -0.05) is 18.2 Å². The van der Waals surface area contributed by atoms with Crippen LogP contribution in [0.3, 0.4) is 0 Å². The van der Waals surface area contributed by atoms with Gasteiger partial charge in [0.25, 0.3) is 0 Å². The number of hydrogen-bond donors (Lipinski definition) is 0. The van der Waals surface area contributed by atoms with Crippen molar-refractivity contribution in [2.24, 2.45) is 0 Å². The molecule has 1 atom stereocenters. The van der Waals surface area contributed by atoms with Crippen LogP contribution in [0.1, 0.15) is 18.1 Å². The smallest absolute Gasteiger partial charge is 0.379 e. The van der Waals surface area contributed by atoms with Crippen molar-refractivity contribution in [3.05, 3.63) is 35.4 Å². The molecule has 0 bridgehead atoms. The summed E-state index contributed by atoms with van der Waals surface area (Å²) in [4.78, 5) is 0. The third kappa shape index (κ3) is 3.96. The van der Waals surface area contributed by atoms with E-state index in [9.17, 15) is 21.6 Å². The molecule has 1 aliphatic rings. The summed E-state index contributed by atoms with van der Waals surface area (Å²) >= 11 is 0. The van der Waals surface area contributed by atoms with E-state index in [4.69, 9.17) is 4.74 Å². The summed E-state index contributed by atoms with van der Waals surface area (Å²) < 4.78 is 68.7. The number of rotatable bonds is 2. The van der Waals surface area contributed by atoms with Gasteiger partial charge in [0.2, 0.25) is 10.0 Å². The van der Waals surface area contributed by atoms with Crippen LogP contribution in [0.15, 0.2) is 24.3 Å². The van der Waals surface area contributed by atoms with E-state index in [0.717, 1.165) is 12.1 Å². The van der Waals surface area contributed by atoms with E-state index in [0.29, 0.717) is 5.56 Å². The van der Waals surface area contributed by atoms with Crippen molar-refractivity contribution >= 4 is 10.0 Å². The van der Waals surface area contributed by atoms with Gasteiger partial charge < -0.3 is 4.74 Å². The zero-order valence-electron chi connectivity index (χ0n) is 11.4. The number of ether oxygens (including phenoxy) is 1. The molecule has 1 aliphatic heterocycles. The van der Waals surface area contributed by atoms with Gasteiger partial charge in [-0.3, -0.25) is 0 Å². The summed E-state index contributed by atoms with van der Waals surface area (Å²) in [6, 6.07) is 4.31. The first-order valence-corrected chi connectivity index (χ1v) is 8.04. The minimum Gasteiger partial charge on any atom is -0.379 e. The molecule has 118 valence electrons. The molecule has 0 aromatic heterocycles. The molecular weight excluding hydrogens is 307 g/mol. The first kappa shape index (κ1) is 16.3. The first-order valence-electron chi connectivity index (χ1n) is 6.43. The quantitative estimate of drug-likeness (QED) is 0.839. The van der Waals surface area contributed by atoms with E-state index in [1.807, 2.05) is 0 Å². The van der Waals surface area contributed by atoms with Crippen molar-refractivity contribution in [1.82, 2.24) is 4.31 Å². The van der Waals surface area contributed by atoms with Gasteiger partial charge in [0.1, 0.15) is 0 Å². The largest absolute Gasteiger partial charge is 0.416 e. The third-order valence-corrected chi connectivity index (χ3v) is 5.17. The monoisotopic (exact) mass is 323 g/mol. The Morgan fingerprint density at radius 1 is 1.38 bits per heavy atom. The molecule has 1 heterocycles. The number of hydrogen-bond acceptors (Lipinski definition) is 3. The fraction of sp³-hybridized carbons (Fsp3) is 0.538. The van der Waals surface area contributed by atoms with Gasteiger partial charge in [0.05, 0.1) is 24.5 Å². The minimum absolute atomic E-state index is 0.0865. The molecule has 0 radical (unpaired) electrons. The van der Waals surface area contributed by atoms with E-state index in [1.165, 1.54) is 16.4 Å². The molecule has 21 heavy (non-hydrogen) atoms. The molecule has 0 spiro atoms. The Hall–Kier alpha value is -1.12. The molecule has 0 saturated carbocycles. The standard InChI is InChI=1S/C13H16F3NO3S/c1-10-9-20-5-6-21(18,19)17(10)8-11-3-2-4-12(7-11)13(14,15)16/h2-4,7,10H,5-6,8-9H2,1H3/t10-/m0/s1. The normalized spacial score (nSPS) is 23.7. The summed E-state index contributed by atoms with van der Waals surface area (Å²) in [5.74, 6) is -0.156. The molecule has 1 aromatic rings. The van der Waals surface area contributed by atoms with Gasteiger partial charge in [0, 0.05) is 12.6 Å². The van der Waals surface area contributed by atoms with E-state index >= 15 is 0 Å². The van der Waals surface area contributed by atoms with Crippen LogP contribution in [-0.4, -0.2) is 37.7 Å². The maximum absolute atomic E-state index is 12.7. The molecule has 0 aliphatic carbocycles. The second-order valence-corrected chi connectivity index (χ2v) is 7.02. The summed E-state index contributed by atoms with van der Waals surface area (Å²) in [5, 5.41) is 0. The Morgan fingerprint density at radius 3 is 2.76 bits per heavy atom. The predicted molar refractivity (Wildman–Crippen MR) is 71.1 cm³/mol. The van der Waals surface area contributed by atoms with Gasteiger partial charge in [-0.25, -0.2) is 8.42 Å². The molecule has 0 N–H and O–H groups in total. The predicted octanol–water partition coefficient (Wildman–Crippen LogP) is 2.26. The van der Waals surface area contributed by atoms with Gasteiger partial charge >= 0.3 is 6.18 Å². The van der Waals surface area contributed by atoms with Gasteiger partial charge in [0.15, 0.2) is 0 Å². The Kier molecular flexibility index (Phi) is 4.60. The van der Waals surface area contributed by atoms with Crippen LogP contribution < -0.4 is 0 Å². The zero-order chi connectivity index (χ0) is 15.7. The van der Waals surface area contributed by atoms with Crippen molar-refractivity contribution < 1.29 is 26.3 Å². The van der Waals surface area contributed by atoms with Crippen molar-refractivity contribution in [3.63, 3.8) is 0 Å².